The zero-order valence-electron chi connectivity index (χ0n) is 3.68. The number of esters is 1. The summed E-state index contributed by atoms with van der Waals surface area (Å²) in [6.45, 7) is 0. The topological polar surface area (TPSA) is 43.4 Å². The molecule has 4 heteroatoms. The minimum Gasteiger partial charge on any atom is -0.371 e. The molecule has 0 radical (unpaired) electrons. The molecular weight excluding hydrogens is 131 g/mol. The summed E-state index contributed by atoms with van der Waals surface area (Å²) in [5.74, 6) is 0.451. The number of halogens is 1. The van der Waals surface area contributed by atoms with Gasteiger partial charge < -0.3 is 4.74 Å². The number of hydrogen-bond donors (Lipinski definition) is 0. The molecule has 0 aromatic carbocycles. The molecule has 0 amide bonds. The molecule has 0 N–H and O–H groups in total. The van der Waals surface area contributed by atoms with E-state index in [9.17, 15) is 9.59 Å². The molecule has 0 spiro atoms. The molecule has 0 atom stereocenters. The summed E-state index contributed by atoms with van der Waals surface area (Å²) in [6.07, 6.45) is 4.48. The van der Waals surface area contributed by atoms with Crippen LogP contribution < -0.4 is 0 Å². The lowest BCUT2D eigenvalue weighted by Gasteiger charge is -1.84. The van der Waals surface area contributed by atoms with Gasteiger partial charge in [0.05, 0.1) is 0 Å². The highest BCUT2D eigenvalue weighted by molar-refractivity contribution is 6.62. The maximum Gasteiger partial charge on any atom is 0.412 e. The third-order valence-electron chi connectivity index (χ3n) is 0.291. The van der Waals surface area contributed by atoms with Crippen LogP contribution in [0.4, 0.5) is 4.79 Å². The van der Waals surface area contributed by atoms with E-state index in [4.69, 9.17) is 0 Å². The molecule has 3 nitrogen and oxygen atoms in total. The Morgan fingerprint density at radius 3 is 2.25 bits per heavy atom. The van der Waals surface area contributed by atoms with Crippen LogP contribution in [0, 0.1) is 12.3 Å². The first-order chi connectivity index (χ1) is 3.66. The van der Waals surface area contributed by atoms with Gasteiger partial charge in [0.25, 0.3) is 0 Å². The number of terminal acetylenes is 1. The molecule has 0 heterocycles. The molecule has 0 unspecified atom stereocenters. The highest BCUT2D eigenvalue weighted by Gasteiger charge is 2.00. The average molecular weight is 133 g/mol. The van der Waals surface area contributed by atoms with Gasteiger partial charge in [-0.15, -0.1) is 6.42 Å². The number of ether oxygens (including phenoxy) is 1. The molecule has 0 aromatic heterocycles. The van der Waals surface area contributed by atoms with Crippen LogP contribution in [0.15, 0.2) is 0 Å². The summed E-state index contributed by atoms with van der Waals surface area (Å²) in [4.78, 5) is 19.5. The van der Waals surface area contributed by atoms with Crippen LogP contribution >= 0.6 is 11.6 Å². The lowest BCUT2D eigenvalue weighted by molar-refractivity contribution is -0.129. The summed E-state index contributed by atoms with van der Waals surface area (Å²) in [6, 6.07) is 0. The molecule has 0 rings (SSSR count). The van der Waals surface area contributed by atoms with Crippen molar-refractivity contribution in [3.63, 3.8) is 0 Å². The second kappa shape index (κ2) is 3.05. The third kappa shape index (κ3) is 3.19. The summed E-state index contributed by atoms with van der Waals surface area (Å²) in [5.41, 5.74) is -1.21. The van der Waals surface area contributed by atoms with E-state index in [1.807, 2.05) is 0 Å². The largest absolute Gasteiger partial charge is 0.412 e. The van der Waals surface area contributed by atoms with Crippen molar-refractivity contribution >= 4 is 23.0 Å². The maximum absolute atomic E-state index is 9.86. The fourth-order valence-electron chi connectivity index (χ4n) is 0.102. The van der Waals surface area contributed by atoms with Gasteiger partial charge in [0, 0.05) is 17.5 Å². The standard InChI is InChI=1S/C4HClO3/c1-2-3(6)8-4(5)7/h1H. The van der Waals surface area contributed by atoms with E-state index in [0.717, 1.165) is 0 Å². The quantitative estimate of drug-likeness (QED) is 0.159. The molecule has 0 saturated carbocycles. The Bertz CT molecular complexity index is 155. The molecule has 0 aliphatic heterocycles. The number of hydrogen-bond acceptors (Lipinski definition) is 3. The Morgan fingerprint density at radius 2 is 2.12 bits per heavy atom. The minimum absolute atomic E-state index is 1.08. The molecule has 0 aliphatic carbocycles. The lowest BCUT2D eigenvalue weighted by Crippen LogP contribution is -2.01. The van der Waals surface area contributed by atoms with Crippen molar-refractivity contribution < 1.29 is 14.3 Å². The molecule has 0 aliphatic rings. The highest BCUT2D eigenvalue weighted by Crippen LogP contribution is 1.85. The smallest absolute Gasteiger partial charge is 0.371 e. The van der Waals surface area contributed by atoms with Crippen molar-refractivity contribution in [2.75, 3.05) is 0 Å². The van der Waals surface area contributed by atoms with E-state index in [2.05, 4.69) is 22.8 Å². The normalized spacial score (nSPS) is 7.00. The molecule has 42 valence electrons. The van der Waals surface area contributed by atoms with Crippen molar-refractivity contribution in [3.05, 3.63) is 0 Å². The Hall–Kier alpha value is -1.01. The SMILES string of the molecule is C#CC(=O)OC(=O)Cl. The van der Waals surface area contributed by atoms with E-state index in [0.29, 0.717) is 0 Å². The van der Waals surface area contributed by atoms with Gasteiger partial charge in [-0.05, 0) is 0 Å². The van der Waals surface area contributed by atoms with E-state index >= 15 is 0 Å². The molecule has 0 saturated heterocycles. The molecule has 0 aromatic rings. The first-order valence-electron chi connectivity index (χ1n) is 1.54. The lowest BCUT2D eigenvalue weighted by atomic mass is 10.7. The van der Waals surface area contributed by atoms with Crippen LogP contribution in [0.3, 0.4) is 0 Å². The van der Waals surface area contributed by atoms with Crippen molar-refractivity contribution in [3.8, 4) is 12.3 Å². The van der Waals surface area contributed by atoms with Crippen LogP contribution in [0.25, 0.3) is 0 Å². The predicted octanol–water partition coefficient (Wildman–Crippen LogP) is 0.522. The summed E-state index contributed by atoms with van der Waals surface area (Å²) < 4.78 is 3.65. The highest BCUT2D eigenvalue weighted by atomic mass is 35.5. The number of carbonyl (C=O) groups is 2. The van der Waals surface area contributed by atoms with E-state index in [1.54, 1.807) is 0 Å². The van der Waals surface area contributed by atoms with Gasteiger partial charge in [-0.2, -0.15) is 0 Å². The van der Waals surface area contributed by atoms with Crippen LogP contribution in [0.2, 0.25) is 0 Å². The third-order valence-corrected chi connectivity index (χ3v) is 0.368. The van der Waals surface area contributed by atoms with E-state index in [1.165, 1.54) is 5.92 Å². The van der Waals surface area contributed by atoms with Crippen molar-refractivity contribution in [2.45, 2.75) is 0 Å². The van der Waals surface area contributed by atoms with Gasteiger partial charge in [-0.1, -0.05) is 0 Å². The monoisotopic (exact) mass is 132 g/mol. The van der Waals surface area contributed by atoms with Gasteiger partial charge in [-0.25, -0.2) is 9.59 Å². The average Bonchev–Trinajstić information content (AvgIpc) is 1.65. The van der Waals surface area contributed by atoms with Crippen molar-refractivity contribution in [2.24, 2.45) is 0 Å². The Labute approximate surface area is 50.6 Å². The summed E-state index contributed by atoms with van der Waals surface area (Å²) in [5, 5.41) is 0. The van der Waals surface area contributed by atoms with Crippen molar-refractivity contribution in [1.29, 1.82) is 0 Å². The fraction of sp³-hybridized carbons (Fsp3) is 0. The van der Waals surface area contributed by atoms with E-state index < -0.39 is 11.4 Å². The Kier molecular flexibility index (Phi) is 2.67. The number of rotatable bonds is 0. The maximum atomic E-state index is 9.86. The molecule has 0 fully saturated rings. The molecular formula is C4HClO3. The molecule has 0 bridgehead atoms. The second-order valence-electron chi connectivity index (χ2n) is 0.771. The number of carbonyl (C=O) groups excluding carboxylic acids is 2. The van der Waals surface area contributed by atoms with Crippen LogP contribution in [0.1, 0.15) is 0 Å². The Balaban J connectivity index is 3.61. The fourth-order valence-corrected chi connectivity index (χ4v) is 0.172. The van der Waals surface area contributed by atoms with Gasteiger partial charge >= 0.3 is 11.4 Å². The van der Waals surface area contributed by atoms with Crippen molar-refractivity contribution in [1.82, 2.24) is 0 Å². The molecule has 8 heavy (non-hydrogen) atoms. The second-order valence-corrected chi connectivity index (χ2v) is 1.08. The van der Waals surface area contributed by atoms with Gasteiger partial charge in [-0.3, -0.25) is 0 Å². The van der Waals surface area contributed by atoms with E-state index in [-0.39, 0.29) is 0 Å². The summed E-state index contributed by atoms with van der Waals surface area (Å²) in [7, 11) is 0. The van der Waals surface area contributed by atoms with Crippen LogP contribution in [-0.4, -0.2) is 11.4 Å². The zero-order chi connectivity index (χ0) is 6.57. The van der Waals surface area contributed by atoms with Gasteiger partial charge in [0.1, 0.15) is 0 Å². The summed E-state index contributed by atoms with van der Waals surface area (Å²) >= 11 is 4.57. The van der Waals surface area contributed by atoms with Gasteiger partial charge in [0.2, 0.25) is 0 Å². The van der Waals surface area contributed by atoms with Crippen LogP contribution in [0.5, 0.6) is 0 Å². The first-order valence-corrected chi connectivity index (χ1v) is 1.92. The Morgan fingerprint density at radius 1 is 1.62 bits per heavy atom. The van der Waals surface area contributed by atoms with Gasteiger partial charge in [0.15, 0.2) is 0 Å². The predicted molar refractivity (Wildman–Crippen MR) is 26.2 cm³/mol. The first kappa shape index (κ1) is 6.99. The minimum atomic E-state index is -1.21. The zero-order valence-corrected chi connectivity index (χ0v) is 4.44. The van der Waals surface area contributed by atoms with Crippen LogP contribution in [-0.2, 0) is 9.53 Å².